The van der Waals surface area contributed by atoms with Gasteiger partial charge in [-0.25, -0.2) is 0 Å². The molecule has 0 radical (unpaired) electrons. The Morgan fingerprint density at radius 3 is 1.12 bits per heavy atom. The molecule has 1 aliphatic heterocycles. The molecule has 4 aromatic rings. The monoisotopic (exact) mass is 760 g/mol. The third-order valence-electron chi connectivity index (χ3n) is 8.10. The van der Waals surface area contributed by atoms with E-state index in [-0.39, 0.29) is 39.6 Å². The summed E-state index contributed by atoms with van der Waals surface area (Å²) in [6.45, 7) is 11.9. The molecule has 0 unspecified atom stereocenters. The van der Waals surface area contributed by atoms with Gasteiger partial charge in [-0.2, -0.15) is 0 Å². The molecule has 0 spiro atoms. The lowest BCUT2D eigenvalue weighted by atomic mass is 9.92. The molecule has 12 nitrogen and oxygen atoms in total. The Balaban J connectivity index is 1.69. The van der Waals surface area contributed by atoms with Crippen LogP contribution in [0.4, 0.5) is 0 Å². The molecule has 0 N–H and O–H groups in total. The van der Waals surface area contributed by atoms with Crippen molar-refractivity contribution in [2.45, 2.75) is 27.7 Å². The molecule has 0 aliphatic carbocycles. The van der Waals surface area contributed by atoms with E-state index in [0.717, 1.165) is 32.7 Å². The first kappa shape index (κ1) is 40.3. The zero-order valence-corrected chi connectivity index (χ0v) is 32.3. The fraction of sp³-hybridized carbons (Fsp3) is 0.474. The van der Waals surface area contributed by atoms with Crippen LogP contribution < -0.4 is 20.1 Å². The van der Waals surface area contributed by atoms with E-state index in [1.807, 2.05) is 48.5 Å². The average molecular weight is 761 g/mol. The van der Waals surface area contributed by atoms with Crippen molar-refractivity contribution in [1.29, 1.82) is 0 Å². The van der Waals surface area contributed by atoms with Crippen LogP contribution in [-0.2, 0) is 46.2 Å². The highest BCUT2D eigenvalue weighted by Crippen LogP contribution is 2.51. The molecule has 0 saturated carbocycles. The van der Waals surface area contributed by atoms with Gasteiger partial charge in [0, 0.05) is 11.1 Å². The van der Waals surface area contributed by atoms with E-state index in [0.29, 0.717) is 75.0 Å². The standard InChI is InChI=1S/C38H50O12P2/c1-5-47-51(39,48-6-2)31-11-13-33-29(27-31)9-15-35-37(33)38-34-14-12-32(52(40,49-7-3)50-8-4)28-30(34)10-16-36(38)46-26-24-44-22-20-42-18-17-41-19-21-43-23-25-45-35/h9-16,27-28H,5-8,17-26H2,1-4H3. The highest BCUT2D eigenvalue weighted by Gasteiger charge is 2.30. The molecule has 0 bridgehead atoms. The number of fused-ring (bicyclic) bond motifs is 7. The van der Waals surface area contributed by atoms with E-state index in [2.05, 4.69) is 0 Å². The van der Waals surface area contributed by atoms with Gasteiger partial charge in [-0.3, -0.25) is 9.13 Å². The first-order chi connectivity index (χ1) is 25.4. The lowest BCUT2D eigenvalue weighted by molar-refractivity contribution is -0.00704. The van der Waals surface area contributed by atoms with Gasteiger partial charge in [-0.15, -0.1) is 0 Å². The summed E-state index contributed by atoms with van der Waals surface area (Å²) in [6.07, 6.45) is 0. The van der Waals surface area contributed by atoms with Crippen molar-refractivity contribution in [2.24, 2.45) is 0 Å². The molecule has 0 saturated heterocycles. The van der Waals surface area contributed by atoms with Crippen LogP contribution in [0.3, 0.4) is 0 Å². The van der Waals surface area contributed by atoms with Gasteiger partial charge >= 0.3 is 15.2 Å². The summed E-state index contributed by atoms with van der Waals surface area (Å²) in [5.74, 6) is 1.19. The Bertz CT molecular complexity index is 1700. The number of rotatable bonds is 10. The van der Waals surface area contributed by atoms with Crippen molar-refractivity contribution in [3.63, 3.8) is 0 Å². The second kappa shape index (κ2) is 20.0. The van der Waals surface area contributed by atoms with Crippen LogP contribution in [0, 0.1) is 0 Å². The summed E-state index contributed by atoms with van der Waals surface area (Å²) >= 11 is 0. The second-order valence-electron chi connectivity index (χ2n) is 11.5. The maximum Gasteiger partial charge on any atom is 0.361 e. The summed E-state index contributed by atoms with van der Waals surface area (Å²) < 4.78 is 86.0. The van der Waals surface area contributed by atoms with E-state index < -0.39 is 15.2 Å². The number of benzene rings is 4. The van der Waals surface area contributed by atoms with Crippen LogP contribution in [0.5, 0.6) is 11.5 Å². The third kappa shape index (κ3) is 10.0. The smallest absolute Gasteiger partial charge is 0.361 e. The Morgan fingerprint density at radius 1 is 0.462 bits per heavy atom. The maximum atomic E-state index is 13.8. The normalized spacial score (nSPS) is 16.1. The molecule has 4 aromatic carbocycles. The Kier molecular flexibility index (Phi) is 15.5. The van der Waals surface area contributed by atoms with Gasteiger partial charge in [0.2, 0.25) is 0 Å². The van der Waals surface area contributed by atoms with Crippen molar-refractivity contribution in [3.8, 4) is 22.6 Å². The third-order valence-corrected chi connectivity index (χ3v) is 12.3. The minimum Gasteiger partial charge on any atom is -0.491 e. The van der Waals surface area contributed by atoms with Crippen LogP contribution in [0.15, 0.2) is 60.7 Å². The fourth-order valence-corrected chi connectivity index (χ4v) is 9.14. The molecule has 0 aromatic heterocycles. The Labute approximate surface area is 305 Å². The van der Waals surface area contributed by atoms with Gasteiger partial charge in [0.25, 0.3) is 0 Å². The molecule has 1 aliphatic rings. The summed E-state index contributed by atoms with van der Waals surface area (Å²) in [6, 6.07) is 18.7. The first-order valence-corrected chi connectivity index (χ1v) is 21.0. The molecule has 5 rings (SSSR count). The van der Waals surface area contributed by atoms with Crippen LogP contribution >= 0.6 is 15.2 Å². The fourth-order valence-electron chi connectivity index (χ4n) is 5.93. The SMILES string of the molecule is CCOP(=O)(OCC)c1ccc2c3c(ccc2c1)OCCOCCOCCOCCOCCOc1ccc2cc(P(=O)(OCC)OCC)ccc2c1-3. The van der Waals surface area contributed by atoms with Crippen LogP contribution in [0.25, 0.3) is 32.7 Å². The summed E-state index contributed by atoms with van der Waals surface area (Å²) in [5, 5.41) is 4.14. The van der Waals surface area contributed by atoms with Gasteiger partial charge in [0.15, 0.2) is 0 Å². The Hall–Kier alpha value is -2.86. The zero-order valence-electron chi connectivity index (χ0n) is 30.5. The molecule has 0 amide bonds. The maximum absolute atomic E-state index is 13.8. The summed E-state index contributed by atoms with van der Waals surface area (Å²) in [4.78, 5) is 0. The molecule has 284 valence electrons. The van der Waals surface area contributed by atoms with Gasteiger partial charge in [-0.05, 0) is 85.6 Å². The molecule has 0 atom stereocenters. The second-order valence-corrected chi connectivity index (χ2v) is 15.6. The van der Waals surface area contributed by atoms with E-state index in [1.54, 1.807) is 39.8 Å². The summed E-state index contributed by atoms with van der Waals surface area (Å²) in [5.41, 5.74) is 1.51. The molecule has 1 heterocycles. The van der Waals surface area contributed by atoms with Crippen LogP contribution in [-0.4, -0.2) is 92.5 Å². The highest BCUT2D eigenvalue weighted by molar-refractivity contribution is 7.62. The van der Waals surface area contributed by atoms with Crippen LogP contribution in [0.2, 0.25) is 0 Å². The van der Waals surface area contributed by atoms with E-state index in [9.17, 15) is 9.13 Å². The first-order valence-electron chi connectivity index (χ1n) is 17.9. The van der Waals surface area contributed by atoms with E-state index in [1.165, 1.54) is 0 Å². The number of hydrogen-bond donors (Lipinski definition) is 0. The minimum atomic E-state index is -3.57. The molecular formula is C38H50O12P2. The number of ether oxygens (including phenoxy) is 6. The van der Waals surface area contributed by atoms with Crippen molar-refractivity contribution in [2.75, 3.05) is 92.5 Å². The zero-order chi connectivity index (χ0) is 36.8. The largest absolute Gasteiger partial charge is 0.491 e. The van der Waals surface area contributed by atoms with Gasteiger partial charge < -0.3 is 46.5 Å². The topological polar surface area (TPSA) is 126 Å². The molecule has 0 fully saturated rings. The van der Waals surface area contributed by atoms with Crippen molar-refractivity contribution >= 4 is 47.3 Å². The van der Waals surface area contributed by atoms with Gasteiger partial charge in [0.1, 0.15) is 24.7 Å². The minimum absolute atomic E-state index is 0.233. The van der Waals surface area contributed by atoms with Crippen LogP contribution in [0.1, 0.15) is 27.7 Å². The van der Waals surface area contributed by atoms with E-state index in [4.69, 9.17) is 46.5 Å². The van der Waals surface area contributed by atoms with Crippen molar-refractivity contribution in [3.05, 3.63) is 60.7 Å². The van der Waals surface area contributed by atoms with Crippen molar-refractivity contribution in [1.82, 2.24) is 0 Å². The number of hydrogen-bond acceptors (Lipinski definition) is 12. The molecule has 52 heavy (non-hydrogen) atoms. The average Bonchev–Trinajstić information content (AvgIpc) is 3.14. The van der Waals surface area contributed by atoms with Crippen molar-refractivity contribution < 1.29 is 55.6 Å². The summed E-state index contributed by atoms with van der Waals surface area (Å²) in [7, 11) is -7.13. The predicted octanol–water partition coefficient (Wildman–Crippen LogP) is 7.28. The lowest BCUT2D eigenvalue weighted by Crippen LogP contribution is -2.15. The quantitative estimate of drug-likeness (QED) is 0.151. The highest BCUT2D eigenvalue weighted by atomic mass is 31.2. The Morgan fingerprint density at radius 2 is 0.788 bits per heavy atom. The predicted molar refractivity (Wildman–Crippen MR) is 202 cm³/mol. The molecule has 14 heteroatoms. The lowest BCUT2D eigenvalue weighted by Gasteiger charge is -2.22. The van der Waals surface area contributed by atoms with E-state index >= 15 is 0 Å². The molecular weight excluding hydrogens is 710 g/mol. The van der Waals surface area contributed by atoms with Gasteiger partial charge in [-0.1, -0.05) is 24.3 Å². The van der Waals surface area contributed by atoms with Gasteiger partial charge in [0.05, 0.1) is 89.9 Å².